The minimum Gasteiger partial charge on any atom is -0.350 e. The highest BCUT2D eigenvalue weighted by Gasteiger charge is 2.28. The van der Waals surface area contributed by atoms with Crippen LogP contribution in [-0.4, -0.2) is 30.8 Å². The second-order valence-corrected chi connectivity index (χ2v) is 8.10. The number of hydrogen-bond acceptors (Lipinski definition) is 6. The Morgan fingerprint density at radius 1 is 1.03 bits per heavy atom. The number of aromatic nitrogens is 1. The van der Waals surface area contributed by atoms with Gasteiger partial charge in [0.05, 0.1) is 15.5 Å². The van der Waals surface area contributed by atoms with E-state index in [2.05, 4.69) is 10.3 Å². The quantitative estimate of drug-likeness (QED) is 0.436. The zero-order valence-corrected chi connectivity index (χ0v) is 16.5. The summed E-state index contributed by atoms with van der Waals surface area (Å²) >= 11 is 0. The Hall–Kier alpha value is -3.79. The molecule has 2 aromatic carbocycles. The van der Waals surface area contributed by atoms with E-state index in [-0.39, 0.29) is 22.8 Å². The molecule has 0 aliphatic heterocycles. The Bertz CT molecular complexity index is 1140. The molecule has 0 aliphatic rings. The number of carbonyl (C=O) groups is 1. The van der Waals surface area contributed by atoms with Gasteiger partial charge in [0.1, 0.15) is 6.54 Å². The second kappa shape index (κ2) is 9.14. The average molecular weight is 426 g/mol. The summed E-state index contributed by atoms with van der Waals surface area (Å²) in [6.45, 7) is -0.348. The van der Waals surface area contributed by atoms with Crippen molar-refractivity contribution in [3.05, 3.63) is 94.8 Å². The molecular formula is C20H18N4O5S. The Labute approximate surface area is 173 Å². The van der Waals surface area contributed by atoms with E-state index in [9.17, 15) is 23.3 Å². The molecular weight excluding hydrogens is 408 g/mol. The molecule has 0 aliphatic carbocycles. The Balaban J connectivity index is 1.90. The van der Waals surface area contributed by atoms with Gasteiger partial charge in [-0.25, -0.2) is 8.42 Å². The first-order valence-electron chi connectivity index (χ1n) is 8.86. The second-order valence-electron chi connectivity index (χ2n) is 6.23. The average Bonchev–Trinajstić information content (AvgIpc) is 2.77. The van der Waals surface area contributed by atoms with Crippen LogP contribution in [0.4, 0.5) is 11.4 Å². The Morgan fingerprint density at radius 2 is 1.73 bits per heavy atom. The molecule has 1 N–H and O–H groups in total. The summed E-state index contributed by atoms with van der Waals surface area (Å²) in [7, 11) is -4.13. The van der Waals surface area contributed by atoms with E-state index in [1.165, 1.54) is 30.3 Å². The molecule has 3 rings (SSSR count). The molecule has 3 aromatic rings. The molecule has 0 atom stereocenters. The molecule has 154 valence electrons. The van der Waals surface area contributed by atoms with Crippen LogP contribution in [-0.2, 0) is 21.4 Å². The van der Waals surface area contributed by atoms with Gasteiger partial charge in [0, 0.05) is 31.1 Å². The van der Waals surface area contributed by atoms with Crippen LogP contribution in [0.3, 0.4) is 0 Å². The number of rotatable bonds is 8. The van der Waals surface area contributed by atoms with Gasteiger partial charge in [0.2, 0.25) is 5.91 Å². The molecule has 0 radical (unpaired) electrons. The van der Waals surface area contributed by atoms with E-state index in [0.717, 1.165) is 15.9 Å². The summed E-state index contributed by atoms with van der Waals surface area (Å²) in [5, 5.41) is 13.8. The third-order valence-corrected chi connectivity index (χ3v) is 5.97. The molecule has 30 heavy (non-hydrogen) atoms. The van der Waals surface area contributed by atoms with Crippen molar-refractivity contribution < 1.29 is 18.1 Å². The van der Waals surface area contributed by atoms with E-state index in [1.807, 2.05) is 0 Å². The molecule has 1 aromatic heterocycles. The highest BCUT2D eigenvalue weighted by molar-refractivity contribution is 7.92. The van der Waals surface area contributed by atoms with Crippen LogP contribution in [0.15, 0.2) is 84.0 Å². The SMILES string of the molecule is O=C(CN(c1cccc([N+](=O)[O-])c1)S(=O)(=O)c1ccccc1)NCc1ccncc1. The Kier molecular flexibility index (Phi) is 6.38. The molecule has 0 unspecified atom stereocenters. The summed E-state index contributed by atoms with van der Waals surface area (Å²) in [4.78, 5) is 26.9. The van der Waals surface area contributed by atoms with Crippen molar-refractivity contribution in [1.82, 2.24) is 10.3 Å². The molecule has 0 saturated carbocycles. The van der Waals surface area contributed by atoms with Crippen molar-refractivity contribution in [3.63, 3.8) is 0 Å². The number of sulfonamides is 1. The first-order valence-corrected chi connectivity index (χ1v) is 10.3. The lowest BCUT2D eigenvalue weighted by molar-refractivity contribution is -0.384. The van der Waals surface area contributed by atoms with Crippen molar-refractivity contribution in [1.29, 1.82) is 0 Å². The third-order valence-electron chi connectivity index (χ3n) is 4.19. The van der Waals surface area contributed by atoms with Crippen molar-refractivity contribution in [3.8, 4) is 0 Å². The van der Waals surface area contributed by atoms with Gasteiger partial charge in [-0.1, -0.05) is 24.3 Å². The van der Waals surface area contributed by atoms with Crippen LogP contribution in [0.2, 0.25) is 0 Å². The van der Waals surface area contributed by atoms with E-state index in [4.69, 9.17) is 0 Å². The van der Waals surface area contributed by atoms with E-state index in [0.29, 0.717) is 0 Å². The summed E-state index contributed by atoms with van der Waals surface area (Å²) in [5.74, 6) is -0.558. The molecule has 1 heterocycles. The fourth-order valence-electron chi connectivity index (χ4n) is 2.68. The predicted molar refractivity (Wildman–Crippen MR) is 110 cm³/mol. The smallest absolute Gasteiger partial charge is 0.271 e. The van der Waals surface area contributed by atoms with Gasteiger partial charge >= 0.3 is 0 Å². The fourth-order valence-corrected chi connectivity index (χ4v) is 4.12. The van der Waals surface area contributed by atoms with Crippen LogP contribution in [0.5, 0.6) is 0 Å². The number of nitro groups is 1. The van der Waals surface area contributed by atoms with E-state index in [1.54, 1.807) is 42.7 Å². The number of anilines is 1. The number of benzene rings is 2. The molecule has 0 spiro atoms. The number of nitro benzene ring substituents is 1. The molecule has 0 saturated heterocycles. The standard InChI is InChI=1S/C20H18N4O5S/c25-20(22-14-16-9-11-21-12-10-16)15-23(17-5-4-6-18(13-17)24(26)27)30(28,29)19-7-2-1-3-8-19/h1-13H,14-15H2,(H,22,25). The predicted octanol–water partition coefficient (Wildman–Crippen LogP) is 2.50. The summed E-state index contributed by atoms with van der Waals surface area (Å²) < 4.78 is 27.2. The number of hydrogen-bond donors (Lipinski definition) is 1. The minimum atomic E-state index is -4.13. The van der Waals surface area contributed by atoms with Gasteiger partial charge in [0.25, 0.3) is 15.7 Å². The largest absolute Gasteiger partial charge is 0.350 e. The maximum absolute atomic E-state index is 13.2. The zero-order chi connectivity index (χ0) is 21.6. The van der Waals surface area contributed by atoms with Crippen molar-refractivity contribution in [2.75, 3.05) is 10.8 Å². The lowest BCUT2D eigenvalue weighted by Crippen LogP contribution is -2.40. The Morgan fingerprint density at radius 3 is 2.40 bits per heavy atom. The topological polar surface area (TPSA) is 123 Å². The summed E-state index contributed by atoms with van der Waals surface area (Å²) in [6, 6.07) is 16.2. The lowest BCUT2D eigenvalue weighted by Gasteiger charge is -2.24. The molecule has 0 fully saturated rings. The number of carbonyl (C=O) groups excluding carboxylic acids is 1. The van der Waals surface area contributed by atoms with Gasteiger partial charge in [-0.15, -0.1) is 0 Å². The maximum Gasteiger partial charge on any atom is 0.271 e. The monoisotopic (exact) mass is 426 g/mol. The number of nitrogens with zero attached hydrogens (tertiary/aromatic N) is 3. The van der Waals surface area contributed by atoms with Crippen LogP contribution in [0.1, 0.15) is 5.56 Å². The number of amides is 1. The van der Waals surface area contributed by atoms with E-state index < -0.39 is 27.4 Å². The van der Waals surface area contributed by atoms with Gasteiger partial charge in [-0.05, 0) is 35.9 Å². The van der Waals surface area contributed by atoms with Gasteiger partial charge in [-0.3, -0.25) is 24.2 Å². The highest BCUT2D eigenvalue weighted by Crippen LogP contribution is 2.26. The number of pyridine rings is 1. The minimum absolute atomic E-state index is 0.0205. The highest BCUT2D eigenvalue weighted by atomic mass is 32.2. The number of nitrogens with one attached hydrogen (secondary N) is 1. The number of non-ortho nitro benzene ring substituents is 1. The maximum atomic E-state index is 13.2. The molecule has 10 heteroatoms. The van der Waals surface area contributed by atoms with Crippen molar-refractivity contribution >= 4 is 27.3 Å². The molecule has 1 amide bonds. The summed E-state index contributed by atoms with van der Waals surface area (Å²) in [5.41, 5.74) is 0.538. The normalized spacial score (nSPS) is 10.9. The third kappa shape index (κ3) is 4.97. The van der Waals surface area contributed by atoms with Crippen LogP contribution < -0.4 is 9.62 Å². The molecule has 0 bridgehead atoms. The van der Waals surface area contributed by atoms with Gasteiger partial charge in [0.15, 0.2) is 0 Å². The lowest BCUT2D eigenvalue weighted by atomic mass is 10.2. The zero-order valence-electron chi connectivity index (χ0n) is 15.7. The van der Waals surface area contributed by atoms with Crippen LogP contribution >= 0.6 is 0 Å². The van der Waals surface area contributed by atoms with Gasteiger partial charge < -0.3 is 5.32 Å². The first-order chi connectivity index (χ1) is 14.4. The van der Waals surface area contributed by atoms with E-state index >= 15 is 0 Å². The van der Waals surface area contributed by atoms with Crippen molar-refractivity contribution in [2.45, 2.75) is 11.4 Å². The van der Waals surface area contributed by atoms with Crippen molar-refractivity contribution in [2.24, 2.45) is 0 Å². The van der Waals surface area contributed by atoms with Crippen LogP contribution in [0.25, 0.3) is 0 Å². The van der Waals surface area contributed by atoms with Crippen LogP contribution in [0, 0.1) is 10.1 Å². The molecule has 9 nitrogen and oxygen atoms in total. The fraction of sp³-hybridized carbons (Fsp3) is 0.100. The summed E-state index contributed by atoms with van der Waals surface area (Å²) in [6.07, 6.45) is 3.16. The first kappa shape index (κ1) is 20.9. The van der Waals surface area contributed by atoms with Gasteiger partial charge in [-0.2, -0.15) is 0 Å².